The number of aryl methyl sites for hydroxylation is 1. The van der Waals surface area contributed by atoms with E-state index in [2.05, 4.69) is 9.71 Å². The molecule has 6 heteroatoms. The number of sulfonamides is 1. The second-order valence-electron chi connectivity index (χ2n) is 3.75. The van der Waals surface area contributed by atoms with Gasteiger partial charge in [-0.1, -0.05) is 0 Å². The molecule has 0 amide bonds. The van der Waals surface area contributed by atoms with Crippen molar-refractivity contribution in [1.29, 1.82) is 0 Å². The van der Waals surface area contributed by atoms with Gasteiger partial charge in [0.15, 0.2) is 0 Å². The molecule has 0 fully saturated rings. The Labute approximate surface area is 105 Å². The van der Waals surface area contributed by atoms with Gasteiger partial charge in [-0.2, -0.15) is 0 Å². The highest BCUT2D eigenvalue weighted by Gasteiger charge is 2.17. The van der Waals surface area contributed by atoms with Crippen molar-refractivity contribution in [3.63, 3.8) is 0 Å². The minimum absolute atomic E-state index is 0.0562. The fraction of sp³-hybridized carbons (Fsp3) is 0.0833. The fourth-order valence-corrected chi connectivity index (χ4v) is 2.83. The molecule has 4 nitrogen and oxygen atoms in total. The van der Waals surface area contributed by atoms with E-state index in [1.54, 1.807) is 6.92 Å². The van der Waals surface area contributed by atoms with E-state index in [-0.39, 0.29) is 4.90 Å². The van der Waals surface area contributed by atoms with Crippen LogP contribution in [0.1, 0.15) is 5.56 Å². The van der Waals surface area contributed by atoms with Crippen LogP contribution in [0.2, 0.25) is 0 Å². The van der Waals surface area contributed by atoms with E-state index in [1.165, 1.54) is 36.7 Å². The average molecular weight is 266 g/mol. The van der Waals surface area contributed by atoms with E-state index in [4.69, 9.17) is 0 Å². The number of rotatable bonds is 3. The lowest BCUT2D eigenvalue weighted by Crippen LogP contribution is -2.14. The first-order valence-corrected chi connectivity index (χ1v) is 6.66. The van der Waals surface area contributed by atoms with Gasteiger partial charge >= 0.3 is 0 Å². The summed E-state index contributed by atoms with van der Waals surface area (Å²) in [4.78, 5) is 3.85. The van der Waals surface area contributed by atoms with Crippen LogP contribution < -0.4 is 4.72 Å². The zero-order valence-corrected chi connectivity index (χ0v) is 10.4. The standard InChI is InChI=1S/C12H11FN2O2S/c1-9-8-10(13)2-3-12(9)18(16,17)15-11-4-6-14-7-5-11/h2-8H,1H3,(H,14,15). The molecule has 1 N–H and O–H groups in total. The van der Waals surface area contributed by atoms with Gasteiger partial charge in [0.25, 0.3) is 10.0 Å². The predicted molar refractivity (Wildman–Crippen MR) is 66.2 cm³/mol. The first kappa shape index (κ1) is 12.5. The van der Waals surface area contributed by atoms with Crippen LogP contribution in [0, 0.1) is 12.7 Å². The molecular weight excluding hydrogens is 255 g/mol. The van der Waals surface area contributed by atoms with Crippen LogP contribution in [0.5, 0.6) is 0 Å². The first-order valence-electron chi connectivity index (χ1n) is 5.18. The lowest BCUT2D eigenvalue weighted by atomic mass is 10.2. The highest BCUT2D eigenvalue weighted by molar-refractivity contribution is 7.92. The second kappa shape index (κ2) is 4.73. The van der Waals surface area contributed by atoms with E-state index in [0.29, 0.717) is 11.3 Å². The Morgan fingerprint density at radius 3 is 2.44 bits per heavy atom. The van der Waals surface area contributed by atoms with Crippen molar-refractivity contribution in [2.75, 3.05) is 4.72 Å². The number of halogens is 1. The third-order valence-electron chi connectivity index (χ3n) is 2.36. The first-order chi connectivity index (χ1) is 8.49. The number of aromatic nitrogens is 1. The smallest absolute Gasteiger partial charge is 0.262 e. The zero-order chi connectivity index (χ0) is 13.2. The van der Waals surface area contributed by atoms with Crippen LogP contribution in [0.3, 0.4) is 0 Å². The molecule has 1 aromatic heterocycles. The minimum atomic E-state index is -3.71. The third kappa shape index (κ3) is 2.65. The Kier molecular flexibility index (Phi) is 3.29. The summed E-state index contributed by atoms with van der Waals surface area (Å²) in [6, 6.07) is 6.62. The van der Waals surface area contributed by atoms with Crippen LogP contribution >= 0.6 is 0 Å². The van der Waals surface area contributed by atoms with E-state index in [0.717, 1.165) is 6.07 Å². The van der Waals surface area contributed by atoms with Gasteiger partial charge in [0.2, 0.25) is 0 Å². The molecule has 0 unspecified atom stereocenters. The Bertz CT molecular complexity index is 657. The lowest BCUT2D eigenvalue weighted by Gasteiger charge is -2.09. The summed E-state index contributed by atoms with van der Waals surface area (Å²) in [5.74, 6) is -0.463. The highest BCUT2D eigenvalue weighted by atomic mass is 32.2. The maximum Gasteiger partial charge on any atom is 0.262 e. The Hall–Kier alpha value is -1.95. The Morgan fingerprint density at radius 1 is 1.17 bits per heavy atom. The molecule has 2 aromatic rings. The van der Waals surface area contributed by atoms with Gasteiger partial charge < -0.3 is 0 Å². The largest absolute Gasteiger partial charge is 0.280 e. The molecule has 0 atom stereocenters. The number of hydrogen-bond donors (Lipinski definition) is 1. The molecule has 94 valence electrons. The Morgan fingerprint density at radius 2 is 1.83 bits per heavy atom. The van der Waals surface area contributed by atoms with Gasteiger partial charge in [-0.05, 0) is 42.8 Å². The lowest BCUT2D eigenvalue weighted by molar-refractivity contribution is 0.598. The Balaban J connectivity index is 2.37. The van der Waals surface area contributed by atoms with Crippen molar-refractivity contribution in [1.82, 2.24) is 4.98 Å². The summed E-state index contributed by atoms with van der Waals surface area (Å²) in [7, 11) is -3.71. The third-order valence-corrected chi connectivity index (χ3v) is 3.90. The maximum absolute atomic E-state index is 12.9. The molecule has 2 rings (SSSR count). The minimum Gasteiger partial charge on any atom is -0.280 e. The molecule has 0 aliphatic carbocycles. The molecule has 18 heavy (non-hydrogen) atoms. The maximum atomic E-state index is 12.9. The molecule has 0 bridgehead atoms. The summed E-state index contributed by atoms with van der Waals surface area (Å²) >= 11 is 0. The van der Waals surface area contributed by atoms with Gasteiger partial charge in [-0.25, -0.2) is 12.8 Å². The van der Waals surface area contributed by atoms with Crippen molar-refractivity contribution >= 4 is 15.7 Å². The second-order valence-corrected chi connectivity index (χ2v) is 5.40. The van der Waals surface area contributed by atoms with E-state index < -0.39 is 15.8 Å². The van der Waals surface area contributed by atoms with Crippen LogP contribution in [-0.4, -0.2) is 13.4 Å². The quantitative estimate of drug-likeness (QED) is 0.927. The van der Waals surface area contributed by atoms with Crippen molar-refractivity contribution in [3.8, 4) is 0 Å². The number of pyridine rings is 1. The van der Waals surface area contributed by atoms with Gasteiger partial charge in [0.1, 0.15) is 5.82 Å². The normalized spacial score (nSPS) is 11.2. The number of hydrogen-bond acceptors (Lipinski definition) is 3. The molecule has 1 aromatic carbocycles. The van der Waals surface area contributed by atoms with Crippen molar-refractivity contribution in [2.45, 2.75) is 11.8 Å². The molecule has 0 saturated carbocycles. The summed E-state index contributed by atoms with van der Waals surface area (Å²) < 4.78 is 39.5. The molecule has 1 heterocycles. The average Bonchev–Trinajstić information content (AvgIpc) is 2.29. The van der Waals surface area contributed by atoms with Gasteiger partial charge in [0, 0.05) is 12.4 Å². The SMILES string of the molecule is Cc1cc(F)ccc1S(=O)(=O)Nc1ccncc1. The fourth-order valence-electron chi connectivity index (χ4n) is 1.54. The predicted octanol–water partition coefficient (Wildman–Crippen LogP) is 2.33. The zero-order valence-electron chi connectivity index (χ0n) is 9.59. The summed E-state index contributed by atoms with van der Waals surface area (Å²) in [6.07, 6.45) is 2.96. The van der Waals surface area contributed by atoms with Crippen LogP contribution in [0.15, 0.2) is 47.6 Å². The van der Waals surface area contributed by atoms with Gasteiger partial charge in [-0.15, -0.1) is 0 Å². The van der Waals surface area contributed by atoms with E-state index >= 15 is 0 Å². The van der Waals surface area contributed by atoms with E-state index in [9.17, 15) is 12.8 Å². The molecule has 0 spiro atoms. The number of nitrogens with one attached hydrogen (secondary N) is 1. The number of nitrogens with zero attached hydrogens (tertiary/aromatic N) is 1. The van der Waals surface area contributed by atoms with Crippen molar-refractivity contribution in [2.24, 2.45) is 0 Å². The summed E-state index contributed by atoms with van der Waals surface area (Å²) in [5.41, 5.74) is 0.769. The topological polar surface area (TPSA) is 59.1 Å². The van der Waals surface area contributed by atoms with Crippen LogP contribution in [0.25, 0.3) is 0 Å². The molecular formula is C12H11FN2O2S. The van der Waals surface area contributed by atoms with Crippen molar-refractivity contribution < 1.29 is 12.8 Å². The van der Waals surface area contributed by atoms with Gasteiger partial charge in [-0.3, -0.25) is 9.71 Å². The molecule has 0 aliphatic heterocycles. The van der Waals surface area contributed by atoms with Crippen molar-refractivity contribution in [3.05, 3.63) is 54.1 Å². The summed E-state index contributed by atoms with van der Waals surface area (Å²) in [6.45, 7) is 1.55. The van der Waals surface area contributed by atoms with E-state index in [1.807, 2.05) is 0 Å². The number of benzene rings is 1. The highest BCUT2D eigenvalue weighted by Crippen LogP contribution is 2.19. The summed E-state index contributed by atoms with van der Waals surface area (Å²) in [5, 5.41) is 0. The van der Waals surface area contributed by atoms with Gasteiger partial charge in [0.05, 0.1) is 10.6 Å². The molecule has 0 radical (unpaired) electrons. The monoisotopic (exact) mass is 266 g/mol. The van der Waals surface area contributed by atoms with Crippen LogP contribution in [-0.2, 0) is 10.0 Å². The van der Waals surface area contributed by atoms with Crippen LogP contribution in [0.4, 0.5) is 10.1 Å². The number of anilines is 1. The molecule has 0 saturated heterocycles. The molecule has 0 aliphatic rings.